The van der Waals surface area contributed by atoms with Gasteiger partial charge in [-0.3, -0.25) is 0 Å². The summed E-state index contributed by atoms with van der Waals surface area (Å²) in [7, 11) is 0. The summed E-state index contributed by atoms with van der Waals surface area (Å²) in [5.74, 6) is 0. The fourth-order valence-corrected chi connectivity index (χ4v) is 4.80. The zero-order chi connectivity index (χ0) is 17.6. The molecule has 0 nitrogen and oxygen atoms in total. The van der Waals surface area contributed by atoms with Crippen LogP contribution in [0.1, 0.15) is 35.1 Å². The predicted molar refractivity (Wildman–Crippen MR) is 109 cm³/mol. The molecular formula is C26H22. The highest BCUT2D eigenvalue weighted by atomic mass is 14.5. The Morgan fingerprint density at radius 3 is 1.92 bits per heavy atom. The van der Waals surface area contributed by atoms with Gasteiger partial charge < -0.3 is 0 Å². The second kappa shape index (κ2) is 5.85. The van der Waals surface area contributed by atoms with Crippen molar-refractivity contribution in [3.05, 3.63) is 119 Å². The molecule has 0 saturated heterocycles. The Bertz CT molecular complexity index is 986. The van der Waals surface area contributed by atoms with E-state index < -0.39 is 0 Å². The molecule has 0 bridgehead atoms. The molecule has 0 aromatic heterocycles. The maximum atomic E-state index is 2.35. The Labute approximate surface area is 155 Å². The molecule has 26 heavy (non-hydrogen) atoms. The molecule has 0 heteroatoms. The number of aryl methyl sites for hydroxylation is 1. The van der Waals surface area contributed by atoms with Crippen LogP contribution in [-0.2, 0) is 5.41 Å². The average molecular weight is 334 g/mol. The van der Waals surface area contributed by atoms with Crippen LogP contribution in [0.15, 0.2) is 96.6 Å². The van der Waals surface area contributed by atoms with Crippen molar-refractivity contribution < 1.29 is 0 Å². The maximum absolute atomic E-state index is 2.35. The molecule has 3 aromatic rings. The normalized spacial score (nSPS) is 16.7. The molecule has 0 heterocycles. The lowest BCUT2D eigenvalue weighted by Gasteiger charge is -2.36. The first-order chi connectivity index (χ1) is 12.8. The first-order valence-corrected chi connectivity index (χ1v) is 9.44. The van der Waals surface area contributed by atoms with Gasteiger partial charge in [0.05, 0.1) is 5.41 Å². The van der Waals surface area contributed by atoms with Crippen LogP contribution in [0.2, 0.25) is 0 Å². The molecule has 0 amide bonds. The van der Waals surface area contributed by atoms with Crippen molar-refractivity contribution in [2.45, 2.75) is 25.2 Å². The van der Waals surface area contributed by atoms with Crippen LogP contribution in [0.4, 0.5) is 0 Å². The molecule has 0 unspecified atom stereocenters. The highest BCUT2D eigenvalue weighted by Gasteiger charge is 2.46. The topological polar surface area (TPSA) is 0 Å². The van der Waals surface area contributed by atoms with Crippen molar-refractivity contribution in [3.8, 4) is 11.1 Å². The number of allylic oxidation sites excluding steroid dienone is 4. The first-order valence-electron chi connectivity index (χ1n) is 9.44. The largest absolute Gasteiger partial charge is 0.0842 e. The maximum Gasteiger partial charge on any atom is 0.0676 e. The molecule has 0 saturated carbocycles. The summed E-state index contributed by atoms with van der Waals surface area (Å²) in [4.78, 5) is 0. The van der Waals surface area contributed by atoms with E-state index in [-0.39, 0.29) is 5.41 Å². The number of rotatable bonds is 2. The summed E-state index contributed by atoms with van der Waals surface area (Å²) in [6, 6.07) is 27.1. The highest BCUT2D eigenvalue weighted by Crippen LogP contribution is 2.57. The molecule has 0 radical (unpaired) electrons. The van der Waals surface area contributed by atoms with Gasteiger partial charge in [-0.2, -0.15) is 0 Å². The smallest absolute Gasteiger partial charge is 0.0676 e. The lowest BCUT2D eigenvalue weighted by atomic mass is 9.65. The Balaban J connectivity index is 1.92. The molecule has 0 fully saturated rings. The van der Waals surface area contributed by atoms with E-state index in [1.807, 2.05) is 0 Å². The van der Waals surface area contributed by atoms with E-state index in [1.165, 1.54) is 39.0 Å². The van der Waals surface area contributed by atoms with Crippen molar-refractivity contribution in [2.24, 2.45) is 0 Å². The number of benzene rings is 3. The quantitative estimate of drug-likeness (QED) is 0.496. The summed E-state index contributed by atoms with van der Waals surface area (Å²) in [6.07, 6.45) is 9.08. The van der Waals surface area contributed by atoms with E-state index >= 15 is 0 Å². The van der Waals surface area contributed by atoms with Gasteiger partial charge in [0.15, 0.2) is 0 Å². The molecule has 0 atom stereocenters. The van der Waals surface area contributed by atoms with Crippen molar-refractivity contribution >= 4 is 0 Å². The molecule has 0 aliphatic heterocycles. The third-order valence-electron chi connectivity index (χ3n) is 5.93. The van der Waals surface area contributed by atoms with Crippen LogP contribution in [-0.4, -0.2) is 0 Å². The van der Waals surface area contributed by atoms with Crippen LogP contribution < -0.4 is 0 Å². The third-order valence-corrected chi connectivity index (χ3v) is 5.93. The molecule has 2 aliphatic carbocycles. The van der Waals surface area contributed by atoms with E-state index in [9.17, 15) is 0 Å². The first kappa shape index (κ1) is 15.4. The van der Waals surface area contributed by atoms with E-state index in [0.717, 1.165) is 12.8 Å². The number of hydrogen-bond donors (Lipinski definition) is 0. The summed E-state index contributed by atoms with van der Waals surface area (Å²) in [5, 5.41) is 0. The van der Waals surface area contributed by atoms with Gasteiger partial charge in [0.2, 0.25) is 0 Å². The van der Waals surface area contributed by atoms with E-state index in [1.54, 1.807) is 0 Å². The summed E-state index contributed by atoms with van der Waals surface area (Å²) in [6.45, 7) is 2.16. The molecule has 3 aromatic carbocycles. The summed E-state index contributed by atoms with van der Waals surface area (Å²) >= 11 is 0. The average Bonchev–Trinajstić information content (AvgIpc) is 3.01. The Hall–Kier alpha value is -2.86. The van der Waals surface area contributed by atoms with Crippen molar-refractivity contribution in [1.29, 1.82) is 0 Å². The van der Waals surface area contributed by atoms with E-state index in [4.69, 9.17) is 0 Å². The molecule has 126 valence electrons. The molecular weight excluding hydrogens is 312 g/mol. The second-order valence-electron chi connectivity index (χ2n) is 7.37. The van der Waals surface area contributed by atoms with Gasteiger partial charge in [-0.05, 0) is 47.6 Å². The Kier molecular flexibility index (Phi) is 3.46. The Morgan fingerprint density at radius 2 is 1.35 bits per heavy atom. The lowest BCUT2D eigenvalue weighted by molar-refractivity contribution is 0.692. The van der Waals surface area contributed by atoms with Gasteiger partial charge in [-0.25, -0.2) is 0 Å². The molecule has 5 rings (SSSR count). The number of fused-ring (bicyclic) bond motifs is 3. The zero-order valence-corrected chi connectivity index (χ0v) is 15.1. The van der Waals surface area contributed by atoms with Gasteiger partial charge in [-0.15, -0.1) is 0 Å². The van der Waals surface area contributed by atoms with E-state index in [0.29, 0.717) is 0 Å². The highest BCUT2D eigenvalue weighted by molar-refractivity contribution is 5.86. The van der Waals surface area contributed by atoms with E-state index in [2.05, 4.69) is 97.9 Å². The predicted octanol–water partition coefficient (Wildman–Crippen LogP) is 6.59. The summed E-state index contributed by atoms with van der Waals surface area (Å²) < 4.78 is 0. The van der Waals surface area contributed by atoms with Crippen LogP contribution in [0.25, 0.3) is 11.1 Å². The minimum atomic E-state index is -0.175. The van der Waals surface area contributed by atoms with Crippen molar-refractivity contribution in [3.63, 3.8) is 0 Å². The second-order valence-corrected chi connectivity index (χ2v) is 7.37. The molecule has 2 aliphatic rings. The SMILES string of the molecule is Cc1ccc(C2(C3=CC=CCC3)c3ccccc3-c3ccccc32)cc1. The minimum absolute atomic E-state index is 0.175. The van der Waals surface area contributed by atoms with Gasteiger partial charge in [-0.1, -0.05) is 102 Å². The Morgan fingerprint density at radius 1 is 0.731 bits per heavy atom. The minimum Gasteiger partial charge on any atom is -0.0842 e. The summed E-state index contributed by atoms with van der Waals surface area (Å²) in [5.41, 5.74) is 9.60. The zero-order valence-electron chi connectivity index (χ0n) is 15.1. The standard InChI is InChI=1S/C26H22/c1-19-15-17-21(18-16-19)26(20-9-3-2-4-10-20)24-13-7-5-11-22(24)23-12-6-8-14-25(23)26/h2-3,5-9,11-18H,4,10H2,1H3. The van der Waals surface area contributed by atoms with Crippen LogP contribution in [0, 0.1) is 6.92 Å². The van der Waals surface area contributed by atoms with Crippen molar-refractivity contribution in [2.75, 3.05) is 0 Å². The fourth-order valence-electron chi connectivity index (χ4n) is 4.80. The van der Waals surface area contributed by atoms with Gasteiger partial charge in [0.25, 0.3) is 0 Å². The lowest BCUT2D eigenvalue weighted by Crippen LogP contribution is -2.30. The van der Waals surface area contributed by atoms with Crippen molar-refractivity contribution in [1.82, 2.24) is 0 Å². The number of hydrogen-bond acceptors (Lipinski definition) is 0. The fraction of sp³-hybridized carbons (Fsp3) is 0.154. The van der Waals surface area contributed by atoms with Crippen LogP contribution >= 0.6 is 0 Å². The van der Waals surface area contributed by atoms with Gasteiger partial charge in [0.1, 0.15) is 0 Å². The monoisotopic (exact) mass is 334 g/mol. The van der Waals surface area contributed by atoms with Crippen LogP contribution in [0.3, 0.4) is 0 Å². The van der Waals surface area contributed by atoms with Gasteiger partial charge in [0, 0.05) is 0 Å². The van der Waals surface area contributed by atoms with Gasteiger partial charge >= 0.3 is 0 Å². The molecule has 0 N–H and O–H groups in total. The third kappa shape index (κ3) is 2.02. The van der Waals surface area contributed by atoms with Crippen LogP contribution in [0.5, 0.6) is 0 Å². The molecule has 0 spiro atoms.